The van der Waals surface area contributed by atoms with E-state index in [1.165, 1.54) is 28.4 Å². The molecular formula is C19H28N3O8P3. The number of phenolic OH excluding ortho intramolecular Hbond substituents is 1. The summed E-state index contributed by atoms with van der Waals surface area (Å²) in [6.07, 6.45) is 1.98. The Labute approximate surface area is 195 Å². The second-order valence-electron chi connectivity index (χ2n) is 6.32. The Bertz CT molecular complexity index is 947. The summed E-state index contributed by atoms with van der Waals surface area (Å²) in [6, 6.07) is 13.8. The topological polar surface area (TPSA) is 128 Å². The largest absolute Gasteiger partial charge is 0.508 e. The summed E-state index contributed by atoms with van der Waals surface area (Å²) in [4.78, 5) is 0. The normalized spacial score (nSPS) is 12.8. The van der Waals surface area contributed by atoms with Gasteiger partial charge in [-0.15, -0.1) is 4.44 Å². The number of nitrogens with zero attached hydrogens (tertiary/aromatic N) is 2. The molecule has 2 aromatic rings. The lowest BCUT2D eigenvalue weighted by Crippen LogP contribution is -2.23. The molecule has 14 heteroatoms. The van der Waals surface area contributed by atoms with Gasteiger partial charge >= 0.3 is 15.5 Å². The molecule has 0 bridgehead atoms. The van der Waals surface area contributed by atoms with Crippen LogP contribution in [-0.2, 0) is 33.6 Å². The summed E-state index contributed by atoms with van der Waals surface area (Å²) >= 11 is 0. The molecule has 2 aromatic carbocycles. The van der Waals surface area contributed by atoms with E-state index >= 15 is 0 Å². The first-order valence-electron chi connectivity index (χ1n) is 9.59. The van der Waals surface area contributed by atoms with Crippen LogP contribution in [0.3, 0.4) is 0 Å². The Hall–Kier alpha value is -1.80. The van der Waals surface area contributed by atoms with Crippen molar-refractivity contribution in [2.75, 3.05) is 35.0 Å². The zero-order valence-corrected chi connectivity index (χ0v) is 21.5. The summed E-state index contributed by atoms with van der Waals surface area (Å²) in [7, 11) is -3.07. The fourth-order valence-corrected chi connectivity index (χ4v) is 6.74. The maximum Gasteiger partial charge on any atom is 0.417 e. The molecule has 1 unspecified atom stereocenters. The Morgan fingerprint density at radius 1 is 0.939 bits per heavy atom. The van der Waals surface area contributed by atoms with Crippen LogP contribution in [0.5, 0.6) is 11.5 Å². The number of hydrogen-bond acceptors (Lipinski definition) is 10. The van der Waals surface area contributed by atoms with Crippen molar-refractivity contribution in [3.8, 4) is 11.5 Å². The molecular weight excluding hydrogens is 491 g/mol. The highest BCUT2D eigenvalue weighted by molar-refractivity contribution is 7.66. The zero-order valence-electron chi connectivity index (χ0n) is 18.7. The van der Waals surface area contributed by atoms with Gasteiger partial charge in [0.25, 0.3) is 0 Å². The van der Waals surface area contributed by atoms with Gasteiger partial charge in [0.15, 0.2) is 8.96 Å². The fraction of sp³-hybridized carbons (Fsp3) is 0.316. The first-order valence-corrected chi connectivity index (χ1v) is 13.5. The standard InChI is InChI=1S/C19H28N3O8P3/c1-26-32(24,27-2)22(33(25,28-3)29-4)14-13-16-7-11-19(12-8-16)30-31-21-20-15-17-5-9-18(23)10-6-17/h5-12,15,21,23,31H,13-14H2,1-4H3/b20-15+. The van der Waals surface area contributed by atoms with Gasteiger partial charge in [0.2, 0.25) is 0 Å². The third-order valence-electron chi connectivity index (χ3n) is 4.40. The molecule has 0 aliphatic rings. The summed E-state index contributed by atoms with van der Waals surface area (Å²) < 4.78 is 52.3. The maximum atomic E-state index is 12.9. The molecule has 0 aliphatic carbocycles. The van der Waals surface area contributed by atoms with Crippen molar-refractivity contribution in [2.45, 2.75) is 6.42 Å². The van der Waals surface area contributed by atoms with Crippen LogP contribution < -0.4 is 9.72 Å². The summed E-state index contributed by atoms with van der Waals surface area (Å²) in [6.45, 7) is 0.0351. The Morgan fingerprint density at radius 2 is 1.48 bits per heavy atom. The van der Waals surface area contributed by atoms with Crippen molar-refractivity contribution >= 4 is 30.7 Å². The SMILES string of the molecule is COP(=O)(OC)N(CCc1ccc(OPN/N=C/c2ccc(O)cc2)cc1)P(=O)(OC)OC. The van der Waals surface area contributed by atoms with Gasteiger partial charge in [0.05, 0.1) is 6.21 Å². The molecule has 0 saturated heterocycles. The number of phenols is 1. The molecule has 0 aliphatic heterocycles. The van der Waals surface area contributed by atoms with E-state index in [-0.39, 0.29) is 21.3 Å². The Morgan fingerprint density at radius 3 is 2.00 bits per heavy atom. The van der Waals surface area contributed by atoms with Gasteiger partial charge in [-0.2, -0.15) is 5.10 Å². The molecule has 0 amide bonds. The molecule has 0 saturated carbocycles. The number of aromatic hydroxyl groups is 1. The molecule has 0 radical (unpaired) electrons. The van der Waals surface area contributed by atoms with Crippen molar-refractivity contribution < 1.29 is 36.9 Å². The van der Waals surface area contributed by atoms with Crippen LogP contribution in [0.1, 0.15) is 11.1 Å². The second kappa shape index (κ2) is 13.2. The molecule has 0 spiro atoms. The van der Waals surface area contributed by atoms with E-state index in [9.17, 15) is 14.2 Å². The quantitative estimate of drug-likeness (QED) is 0.159. The lowest BCUT2D eigenvalue weighted by Gasteiger charge is -2.31. The van der Waals surface area contributed by atoms with E-state index in [2.05, 4.69) is 10.3 Å². The number of hydrazone groups is 1. The summed E-state index contributed by atoms with van der Waals surface area (Å²) in [5.41, 5.74) is 1.70. The van der Waals surface area contributed by atoms with E-state index < -0.39 is 15.5 Å². The van der Waals surface area contributed by atoms with Gasteiger partial charge < -0.3 is 9.63 Å². The van der Waals surface area contributed by atoms with E-state index in [0.717, 1.165) is 15.6 Å². The number of hydrogen-bond donors (Lipinski definition) is 2. The highest BCUT2D eigenvalue weighted by Crippen LogP contribution is 2.67. The first kappa shape index (κ1) is 27.4. The molecule has 0 heterocycles. The van der Waals surface area contributed by atoms with Crippen molar-refractivity contribution in [3.05, 3.63) is 59.7 Å². The average molecular weight is 519 g/mol. The zero-order chi connectivity index (χ0) is 24.3. The third-order valence-corrected chi connectivity index (χ3v) is 9.65. The molecule has 2 rings (SSSR count). The van der Waals surface area contributed by atoms with Crippen LogP contribution >= 0.6 is 24.5 Å². The van der Waals surface area contributed by atoms with Gasteiger partial charge in [-0.3, -0.25) is 23.3 Å². The summed E-state index contributed by atoms with van der Waals surface area (Å²) in [5.74, 6) is 0.819. The smallest absolute Gasteiger partial charge is 0.417 e. The van der Waals surface area contributed by atoms with Crippen LogP contribution in [0.25, 0.3) is 0 Å². The molecule has 33 heavy (non-hydrogen) atoms. The van der Waals surface area contributed by atoms with E-state index in [4.69, 9.17) is 22.6 Å². The van der Waals surface area contributed by atoms with Crippen LogP contribution in [0, 0.1) is 0 Å². The minimum atomic E-state index is -3.88. The lowest BCUT2D eigenvalue weighted by molar-refractivity contribution is 0.195. The number of nitrogens with one attached hydrogen (secondary N) is 1. The number of benzene rings is 2. The van der Waals surface area contributed by atoms with Crippen LogP contribution in [-0.4, -0.2) is 50.7 Å². The second-order valence-corrected chi connectivity index (χ2v) is 11.6. The van der Waals surface area contributed by atoms with Crippen LogP contribution in [0.4, 0.5) is 0 Å². The minimum Gasteiger partial charge on any atom is -0.508 e. The van der Waals surface area contributed by atoms with Gasteiger partial charge in [-0.25, -0.2) is 9.13 Å². The van der Waals surface area contributed by atoms with Gasteiger partial charge in [0, 0.05) is 35.0 Å². The minimum absolute atomic E-state index is 0.0351. The van der Waals surface area contributed by atoms with Crippen LogP contribution in [0.2, 0.25) is 0 Å². The maximum absolute atomic E-state index is 12.9. The molecule has 1 atom stereocenters. The van der Waals surface area contributed by atoms with Gasteiger partial charge in [-0.1, -0.05) is 12.1 Å². The van der Waals surface area contributed by atoms with Crippen molar-refractivity contribution in [3.63, 3.8) is 0 Å². The highest BCUT2D eigenvalue weighted by atomic mass is 31.3. The molecule has 11 nitrogen and oxygen atoms in total. The van der Waals surface area contributed by atoms with E-state index in [0.29, 0.717) is 12.2 Å². The van der Waals surface area contributed by atoms with Crippen LogP contribution in [0.15, 0.2) is 53.6 Å². The van der Waals surface area contributed by atoms with E-state index in [1.54, 1.807) is 42.6 Å². The van der Waals surface area contributed by atoms with Gasteiger partial charge in [-0.05, 0) is 53.9 Å². The van der Waals surface area contributed by atoms with Gasteiger partial charge in [0.1, 0.15) is 11.5 Å². The average Bonchev–Trinajstić information content (AvgIpc) is 2.85. The highest BCUT2D eigenvalue weighted by Gasteiger charge is 2.45. The van der Waals surface area contributed by atoms with Crippen molar-refractivity contribution in [1.82, 2.24) is 9.64 Å². The van der Waals surface area contributed by atoms with Crippen molar-refractivity contribution in [2.24, 2.45) is 5.10 Å². The monoisotopic (exact) mass is 519 g/mol. The predicted molar refractivity (Wildman–Crippen MR) is 128 cm³/mol. The fourth-order valence-electron chi connectivity index (χ4n) is 2.63. The molecule has 2 N–H and O–H groups in total. The number of rotatable bonds is 14. The van der Waals surface area contributed by atoms with E-state index in [1.807, 2.05) is 12.1 Å². The predicted octanol–water partition coefficient (Wildman–Crippen LogP) is 4.55. The van der Waals surface area contributed by atoms with Crippen molar-refractivity contribution in [1.29, 1.82) is 0 Å². The first-order chi connectivity index (χ1) is 15.8. The Kier molecular flexibility index (Phi) is 11.0. The molecule has 0 fully saturated rings. The molecule has 0 aromatic heterocycles. The Balaban J connectivity index is 1.91. The summed E-state index contributed by atoms with van der Waals surface area (Å²) in [5, 5.41) is 16.1. The lowest BCUT2D eigenvalue weighted by atomic mass is 10.1. The third kappa shape index (κ3) is 7.88. The molecule has 182 valence electrons.